The fraction of sp³-hybridized carbons (Fsp3) is 0.467. The number of nitrogens with zero attached hydrogens (tertiary/aromatic N) is 2. The molecule has 0 bridgehead atoms. The van der Waals surface area contributed by atoms with Crippen molar-refractivity contribution in [3.63, 3.8) is 0 Å². The summed E-state index contributed by atoms with van der Waals surface area (Å²) in [6.07, 6.45) is 0.346. The summed E-state index contributed by atoms with van der Waals surface area (Å²) in [4.78, 5) is 27.0. The number of ether oxygens (including phenoxy) is 1. The molecule has 1 aromatic rings. The first kappa shape index (κ1) is 15.6. The summed E-state index contributed by atoms with van der Waals surface area (Å²) < 4.78 is 5.51. The highest BCUT2D eigenvalue weighted by Gasteiger charge is 2.23. The van der Waals surface area contributed by atoms with Gasteiger partial charge in [-0.1, -0.05) is 18.2 Å². The minimum Gasteiger partial charge on any atom is -0.493 e. The fourth-order valence-corrected chi connectivity index (χ4v) is 2.39. The van der Waals surface area contributed by atoms with Crippen molar-refractivity contribution in [2.75, 3.05) is 38.7 Å². The molecule has 6 heteroatoms. The van der Waals surface area contributed by atoms with E-state index in [2.05, 4.69) is 0 Å². The van der Waals surface area contributed by atoms with Crippen LogP contribution >= 0.6 is 11.6 Å². The third-order valence-corrected chi connectivity index (χ3v) is 3.66. The maximum absolute atomic E-state index is 12.1. The van der Waals surface area contributed by atoms with E-state index >= 15 is 0 Å². The second-order valence-corrected chi connectivity index (χ2v) is 5.07. The van der Waals surface area contributed by atoms with Crippen LogP contribution in [-0.4, -0.2) is 60.3 Å². The van der Waals surface area contributed by atoms with E-state index in [0.717, 1.165) is 5.75 Å². The van der Waals surface area contributed by atoms with E-state index in [9.17, 15) is 9.59 Å². The number of hydrogen-bond donors (Lipinski definition) is 0. The molecule has 1 heterocycles. The van der Waals surface area contributed by atoms with Gasteiger partial charge in [0, 0.05) is 26.2 Å². The van der Waals surface area contributed by atoms with Crippen LogP contribution in [0.5, 0.6) is 5.75 Å². The van der Waals surface area contributed by atoms with Gasteiger partial charge >= 0.3 is 0 Å². The summed E-state index contributed by atoms with van der Waals surface area (Å²) in [6.45, 7) is 2.59. The topological polar surface area (TPSA) is 49.9 Å². The Hall–Kier alpha value is -1.75. The Morgan fingerprint density at radius 3 is 2.14 bits per heavy atom. The van der Waals surface area contributed by atoms with E-state index in [1.54, 1.807) is 9.80 Å². The van der Waals surface area contributed by atoms with Crippen molar-refractivity contribution in [2.24, 2.45) is 0 Å². The molecule has 0 atom stereocenters. The van der Waals surface area contributed by atoms with Gasteiger partial charge in [-0.3, -0.25) is 9.59 Å². The monoisotopic (exact) mass is 310 g/mol. The van der Waals surface area contributed by atoms with E-state index in [-0.39, 0.29) is 17.7 Å². The van der Waals surface area contributed by atoms with Crippen LogP contribution in [0.1, 0.15) is 6.42 Å². The second-order valence-electron chi connectivity index (χ2n) is 4.81. The van der Waals surface area contributed by atoms with Gasteiger partial charge in [0.05, 0.1) is 13.0 Å². The lowest BCUT2D eigenvalue weighted by Crippen LogP contribution is -2.51. The maximum Gasteiger partial charge on any atom is 0.237 e. The van der Waals surface area contributed by atoms with Crippen molar-refractivity contribution in [1.82, 2.24) is 9.80 Å². The standard InChI is InChI=1S/C15H19ClN2O3/c16-12-15(20)18-9-7-17(8-10-18)14(19)6-11-21-13-4-2-1-3-5-13/h1-5H,6-12H2. The number of carbonyl (C=O) groups excluding carboxylic acids is 2. The highest BCUT2D eigenvalue weighted by molar-refractivity contribution is 6.27. The molecule has 5 nitrogen and oxygen atoms in total. The third kappa shape index (κ3) is 4.63. The number of piperazine rings is 1. The highest BCUT2D eigenvalue weighted by atomic mass is 35.5. The van der Waals surface area contributed by atoms with Crippen LogP contribution in [0.3, 0.4) is 0 Å². The van der Waals surface area contributed by atoms with Gasteiger partial charge in [-0.25, -0.2) is 0 Å². The lowest BCUT2D eigenvalue weighted by molar-refractivity contribution is -0.138. The Morgan fingerprint density at radius 1 is 1.00 bits per heavy atom. The smallest absolute Gasteiger partial charge is 0.237 e. The largest absolute Gasteiger partial charge is 0.493 e. The molecule has 2 rings (SSSR count). The van der Waals surface area contributed by atoms with Crippen molar-refractivity contribution < 1.29 is 14.3 Å². The van der Waals surface area contributed by atoms with Crippen molar-refractivity contribution >= 4 is 23.4 Å². The predicted molar refractivity (Wildman–Crippen MR) is 80.4 cm³/mol. The summed E-state index contributed by atoms with van der Waals surface area (Å²) >= 11 is 5.52. The Morgan fingerprint density at radius 2 is 1.57 bits per heavy atom. The van der Waals surface area contributed by atoms with Gasteiger partial charge < -0.3 is 14.5 Å². The van der Waals surface area contributed by atoms with Crippen LogP contribution in [0.15, 0.2) is 30.3 Å². The summed E-state index contributed by atoms with van der Waals surface area (Å²) in [5, 5.41) is 0. The number of halogens is 1. The van der Waals surface area contributed by atoms with Crippen molar-refractivity contribution in [3.05, 3.63) is 30.3 Å². The van der Waals surface area contributed by atoms with Gasteiger partial charge in [-0.15, -0.1) is 11.6 Å². The number of para-hydroxylation sites is 1. The van der Waals surface area contributed by atoms with Crippen LogP contribution in [0, 0.1) is 0 Å². The average Bonchev–Trinajstić information content (AvgIpc) is 2.55. The van der Waals surface area contributed by atoms with Crippen LogP contribution in [-0.2, 0) is 9.59 Å². The number of rotatable bonds is 5. The summed E-state index contributed by atoms with van der Waals surface area (Å²) in [5.41, 5.74) is 0. The Labute approximate surface area is 129 Å². The lowest BCUT2D eigenvalue weighted by atomic mass is 10.3. The maximum atomic E-state index is 12.1. The minimum atomic E-state index is -0.0730. The number of carbonyl (C=O) groups is 2. The van der Waals surface area contributed by atoms with Crippen molar-refractivity contribution in [2.45, 2.75) is 6.42 Å². The summed E-state index contributed by atoms with van der Waals surface area (Å²) in [7, 11) is 0. The normalized spacial score (nSPS) is 14.9. The predicted octanol–water partition coefficient (Wildman–Crippen LogP) is 1.37. The SMILES string of the molecule is O=C(CCl)N1CCN(C(=O)CCOc2ccccc2)CC1. The van der Waals surface area contributed by atoms with E-state index in [4.69, 9.17) is 16.3 Å². The minimum absolute atomic E-state index is 0.00113. The van der Waals surface area contributed by atoms with Gasteiger partial charge in [0.1, 0.15) is 11.6 Å². The molecule has 2 amide bonds. The number of benzene rings is 1. The second kappa shape index (κ2) is 7.88. The van der Waals surface area contributed by atoms with Crippen LogP contribution in [0.4, 0.5) is 0 Å². The molecule has 1 fully saturated rings. The first-order valence-corrected chi connectivity index (χ1v) is 7.53. The van der Waals surface area contributed by atoms with E-state index in [1.165, 1.54) is 0 Å². The molecule has 0 spiro atoms. The van der Waals surface area contributed by atoms with Crippen LogP contribution in [0.25, 0.3) is 0 Å². The Bertz CT molecular complexity index is 473. The molecule has 1 aliphatic rings. The molecule has 1 aliphatic heterocycles. The molecule has 114 valence electrons. The molecule has 0 aliphatic carbocycles. The lowest BCUT2D eigenvalue weighted by Gasteiger charge is -2.34. The van der Waals surface area contributed by atoms with E-state index < -0.39 is 0 Å². The van der Waals surface area contributed by atoms with Crippen molar-refractivity contribution in [3.8, 4) is 5.75 Å². The molecule has 0 saturated carbocycles. The van der Waals surface area contributed by atoms with Gasteiger partial charge in [0.25, 0.3) is 0 Å². The zero-order valence-electron chi connectivity index (χ0n) is 11.8. The highest BCUT2D eigenvalue weighted by Crippen LogP contribution is 2.09. The molecular weight excluding hydrogens is 292 g/mol. The Balaban J connectivity index is 1.69. The van der Waals surface area contributed by atoms with E-state index in [0.29, 0.717) is 39.2 Å². The number of amides is 2. The Kier molecular flexibility index (Phi) is 5.87. The van der Waals surface area contributed by atoms with Gasteiger partial charge in [0.2, 0.25) is 11.8 Å². The fourth-order valence-electron chi connectivity index (χ4n) is 2.22. The molecule has 21 heavy (non-hydrogen) atoms. The van der Waals surface area contributed by atoms with Gasteiger partial charge in [0.15, 0.2) is 0 Å². The molecule has 0 radical (unpaired) electrons. The molecule has 1 aromatic carbocycles. The molecule has 0 aromatic heterocycles. The number of alkyl halides is 1. The molecule has 1 saturated heterocycles. The third-order valence-electron chi connectivity index (χ3n) is 3.43. The van der Waals surface area contributed by atoms with Crippen LogP contribution in [0.2, 0.25) is 0 Å². The van der Waals surface area contributed by atoms with Gasteiger partial charge in [-0.2, -0.15) is 0 Å². The first-order chi connectivity index (χ1) is 10.2. The number of hydrogen-bond acceptors (Lipinski definition) is 3. The van der Waals surface area contributed by atoms with Gasteiger partial charge in [-0.05, 0) is 12.1 Å². The summed E-state index contributed by atoms with van der Waals surface area (Å²) in [5.74, 6) is 0.752. The van der Waals surface area contributed by atoms with E-state index in [1.807, 2.05) is 30.3 Å². The molecule has 0 N–H and O–H groups in total. The van der Waals surface area contributed by atoms with Crippen LogP contribution < -0.4 is 4.74 Å². The zero-order valence-corrected chi connectivity index (χ0v) is 12.6. The summed E-state index contributed by atoms with van der Waals surface area (Å²) in [6, 6.07) is 9.43. The molecule has 0 unspecified atom stereocenters. The first-order valence-electron chi connectivity index (χ1n) is 7.00. The zero-order chi connectivity index (χ0) is 15.1. The average molecular weight is 311 g/mol. The quantitative estimate of drug-likeness (QED) is 0.772. The van der Waals surface area contributed by atoms with Crippen molar-refractivity contribution in [1.29, 1.82) is 0 Å². The molecular formula is C15H19ClN2O3.